The third-order valence-electron chi connectivity index (χ3n) is 4.46. The molecule has 0 unspecified atom stereocenters. The van der Waals surface area contributed by atoms with E-state index in [2.05, 4.69) is 4.90 Å². The van der Waals surface area contributed by atoms with Gasteiger partial charge in [0.25, 0.3) is 10.0 Å². The number of rotatable bonds is 5. The lowest BCUT2D eigenvalue weighted by Gasteiger charge is -2.35. The van der Waals surface area contributed by atoms with Gasteiger partial charge in [0.2, 0.25) is 0 Å². The Morgan fingerprint density at radius 1 is 1.04 bits per heavy atom. The summed E-state index contributed by atoms with van der Waals surface area (Å²) in [5.41, 5.74) is 1.71. The lowest BCUT2D eigenvalue weighted by molar-refractivity contribution is 0.101. The van der Waals surface area contributed by atoms with E-state index in [4.69, 9.17) is 0 Å². The summed E-state index contributed by atoms with van der Waals surface area (Å²) in [7, 11) is -3.39. The Morgan fingerprint density at radius 3 is 2.20 bits per heavy atom. The van der Waals surface area contributed by atoms with Gasteiger partial charge in [0.15, 0.2) is 5.78 Å². The molecular weight excluding hydrogens is 356 g/mol. The van der Waals surface area contributed by atoms with E-state index >= 15 is 0 Å². The normalized spacial score (nSPS) is 16.2. The summed E-state index contributed by atoms with van der Waals surface area (Å²) < 4.78 is 27.5. The van der Waals surface area contributed by atoms with E-state index in [1.165, 1.54) is 11.3 Å². The van der Waals surface area contributed by atoms with E-state index in [1.807, 2.05) is 37.3 Å². The monoisotopic (exact) mass is 378 g/mol. The number of ketones is 1. The summed E-state index contributed by atoms with van der Waals surface area (Å²) in [5.74, 6) is 0.0462. The number of benzene rings is 1. The second-order valence-electron chi connectivity index (χ2n) is 6.07. The molecule has 0 atom stereocenters. The Hall–Kier alpha value is -1.70. The zero-order valence-corrected chi connectivity index (χ0v) is 16.1. The highest BCUT2D eigenvalue weighted by atomic mass is 32.2. The minimum atomic E-state index is -3.39. The molecule has 0 aliphatic carbocycles. The molecule has 0 radical (unpaired) electrons. The van der Waals surface area contributed by atoms with Crippen molar-refractivity contribution < 1.29 is 13.2 Å². The SMILES string of the molecule is CCc1ccc(S(=O)(=O)N2CCN(c3ccc(C(C)=O)cc3)CC2)s1. The molecule has 0 spiro atoms. The van der Waals surface area contributed by atoms with Crippen LogP contribution < -0.4 is 4.90 Å². The number of carbonyl (C=O) groups excluding carboxylic acids is 1. The fraction of sp³-hybridized carbons (Fsp3) is 0.389. The van der Waals surface area contributed by atoms with E-state index in [-0.39, 0.29) is 5.78 Å². The van der Waals surface area contributed by atoms with Crippen LogP contribution in [0.3, 0.4) is 0 Å². The fourth-order valence-electron chi connectivity index (χ4n) is 2.91. The lowest BCUT2D eigenvalue weighted by atomic mass is 10.1. The lowest BCUT2D eigenvalue weighted by Crippen LogP contribution is -2.48. The number of aryl methyl sites for hydroxylation is 1. The Morgan fingerprint density at radius 2 is 1.68 bits per heavy atom. The van der Waals surface area contributed by atoms with Crippen LogP contribution in [0, 0.1) is 0 Å². The predicted molar refractivity (Wildman–Crippen MR) is 101 cm³/mol. The highest BCUT2D eigenvalue weighted by Gasteiger charge is 2.29. The molecule has 2 aromatic rings. The summed E-state index contributed by atoms with van der Waals surface area (Å²) in [6.45, 7) is 5.80. The van der Waals surface area contributed by atoms with Crippen molar-refractivity contribution >= 4 is 32.8 Å². The van der Waals surface area contributed by atoms with Crippen molar-refractivity contribution in [1.29, 1.82) is 0 Å². The third-order valence-corrected chi connectivity index (χ3v) is 8.05. The van der Waals surface area contributed by atoms with Crippen LogP contribution in [0.25, 0.3) is 0 Å². The van der Waals surface area contributed by atoms with Crippen LogP contribution in [0.2, 0.25) is 0 Å². The van der Waals surface area contributed by atoms with Gasteiger partial charge in [-0.2, -0.15) is 4.31 Å². The zero-order chi connectivity index (χ0) is 18.0. The molecule has 0 saturated carbocycles. The molecule has 1 fully saturated rings. The van der Waals surface area contributed by atoms with E-state index in [9.17, 15) is 13.2 Å². The Kier molecular flexibility index (Phi) is 5.27. The second-order valence-corrected chi connectivity index (χ2v) is 9.40. The smallest absolute Gasteiger partial charge is 0.252 e. The Bertz CT molecular complexity index is 849. The van der Waals surface area contributed by atoms with E-state index in [0.29, 0.717) is 36.0 Å². The summed E-state index contributed by atoms with van der Waals surface area (Å²) in [6.07, 6.45) is 0.851. The topological polar surface area (TPSA) is 57.7 Å². The molecule has 0 amide bonds. The van der Waals surface area contributed by atoms with Crippen molar-refractivity contribution in [2.24, 2.45) is 0 Å². The molecule has 2 heterocycles. The first-order chi connectivity index (χ1) is 11.9. The van der Waals surface area contributed by atoms with Crippen molar-refractivity contribution in [2.75, 3.05) is 31.1 Å². The molecule has 1 aromatic heterocycles. The zero-order valence-electron chi connectivity index (χ0n) is 14.4. The summed E-state index contributed by atoms with van der Waals surface area (Å²) in [4.78, 5) is 14.6. The van der Waals surface area contributed by atoms with Crippen LogP contribution in [0.1, 0.15) is 29.1 Å². The molecule has 1 aromatic carbocycles. The maximum absolute atomic E-state index is 12.8. The summed E-state index contributed by atoms with van der Waals surface area (Å²) in [6, 6.07) is 11.1. The van der Waals surface area contributed by atoms with Crippen molar-refractivity contribution in [3.8, 4) is 0 Å². The third kappa shape index (κ3) is 3.78. The fourth-order valence-corrected chi connectivity index (χ4v) is 5.78. The van der Waals surface area contributed by atoms with Crippen LogP contribution in [-0.2, 0) is 16.4 Å². The van der Waals surface area contributed by atoms with Gasteiger partial charge in [-0.25, -0.2) is 8.42 Å². The van der Waals surface area contributed by atoms with Gasteiger partial charge in [0.1, 0.15) is 4.21 Å². The number of sulfonamides is 1. The highest BCUT2D eigenvalue weighted by molar-refractivity contribution is 7.91. The molecule has 5 nitrogen and oxygen atoms in total. The van der Waals surface area contributed by atoms with Crippen molar-refractivity contribution in [3.05, 3.63) is 46.8 Å². The molecule has 1 aliphatic rings. The highest BCUT2D eigenvalue weighted by Crippen LogP contribution is 2.27. The first-order valence-corrected chi connectivity index (χ1v) is 10.6. The van der Waals surface area contributed by atoms with Gasteiger partial charge in [-0.1, -0.05) is 6.92 Å². The van der Waals surface area contributed by atoms with Crippen molar-refractivity contribution in [1.82, 2.24) is 4.31 Å². The maximum Gasteiger partial charge on any atom is 0.252 e. The van der Waals surface area contributed by atoms with Gasteiger partial charge < -0.3 is 4.90 Å². The quantitative estimate of drug-likeness (QED) is 0.751. The van der Waals surface area contributed by atoms with Crippen LogP contribution in [0.15, 0.2) is 40.6 Å². The number of anilines is 1. The molecule has 0 bridgehead atoms. The summed E-state index contributed by atoms with van der Waals surface area (Å²) >= 11 is 1.36. The van der Waals surface area contributed by atoms with Crippen LogP contribution in [-0.4, -0.2) is 44.7 Å². The molecule has 1 saturated heterocycles. The number of nitrogens with zero attached hydrogens (tertiary/aromatic N) is 2. The molecule has 3 rings (SSSR count). The van der Waals surface area contributed by atoms with Gasteiger partial charge in [-0.3, -0.25) is 4.79 Å². The molecule has 1 aliphatic heterocycles. The maximum atomic E-state index is 12.8. The largest absolute Gasteiger partial charge is 0.369 e. The molecule has 134 valence electrons. The number of piperazine rings is 1. The first-order valence-electron chi connectivity index (χ1n) is 8.36. The van der Waals surface area contributed by atoms with E-state index < -0.39 is 10.0 Å². The van der Waals surface area contributed by atoms with Gasteiger partial charge in [0.05, 0.1) is 0 Å². The molecule has 0 N–H and O–H groups in total. The second kappa shape index (κ2) is 7.27. The Labute approximate surface area is 152 Å². The number of carbonyl (C=O) groups is 1. The average Bonchev–Trinajstić information content (AvgIpc) is 3.12. The van der Waals surface area contributed by atoms with Gasteiger partial charge in [-0.05, 0) is 49.7 Å². The number of thiophene rings is 1. The van der Waals surface area contributed by atoms with Gasteiger partial charge >= 0.3 is 0 Å². The predicted octanol–water partition coefficient (Wildman–Crippen LogP) is 3.02. The van der Waals surface area contributed by atoms with Crippen LogP contribution in [0.4, 0.5) is 5.69 Å². The van der Waals surface area contributed by atoms with Crippen LogP contribution in [0.5, 0.6) is 0 Å². The van der Waals surface area contributed by atoms with Gasteiger partial charge in [0, 0.05) is 42.3 Å². The molecule has 7 heteroatoms. The number of hydrogen-bond acceptors (Lipinski definition) is 5. The van der Waals surface area contributed by atoms with E-state index in [1.54, 1.807) is 17.3 Å². The molecule has 25 heavy (non-hydrogen) atoms. The number of Topliss-reactive ketones (excluding diaryl/α,β-unsaturated/α-hetero) is 1. The average molecular weight is 379 g/mol. The minimum Gasteiger partial charge on any atom is -0.369 e. The minimum absolute atomic E-state index is 0.0462. The van der Waals surface area contributed by atoms with Crippen LogP contribution >= 0.6 is 11.3 Å². The Balaban J connectivity index is 1.67. The first kappa shape index (κ1) is 18.1. The molecular formula is C18H22N2O3S2. The van der Waals surface area contributed by atoms with E-state index in [0.717, 1.165) is 17.0 Å². The standard InChI is InChI=1S/C18H22N2O3S2/c1-3-17-8-9-18(24-17)25(22,23)20-12-10-19(11-13-20)16-6-4-15(5-7-16)14(2)21/h4-9H,3,10-13H2,1-2H3. The number of hydrogen-bond donors (Lipinski definition) is 0. The van der Waals surface area contributed by atoms with Crippen molar-refractivity contribution in [3.63, 3.8) is 0 Å². The van der Waals surface area contributed by atoms with Crippen molar-refractivity contribution in [2.45, 2.75) is 24.5 Å². The van der Waals surface area contributed by atoms with Gasteiger partial charge in [-0.15, -0.1) is 11.3 Å². The summed E-state index contributed by atoms with van der Waals surface area (Å²) in [5, 5.41) is 0.